The predicted octanol–water partition coefficient (Wildman–Crippen LogP) is 2.82. The molecular formula is C22H28N2O3. The molecule has 4 aliphatic heterocycles. The second kappa shape index (κ2) is 6.35. The molecule has 6 unspecified atom stereocenters. The van der Waals surface area contributed by atoms with E-state index in [1.807, 2.05) is 6.07 Å². The van der Waals surface area contributed by atoms with Gasteiger partial charge < -0.3 is 14.8 Å². The van der Waals surface area contributed by atoms with Gasteiger partial charge in [0.05, 0.1) is 19.6 Å². The molecule has 2 aromatic rings. The maximum Gasteiger partial charge on any atom is 0.310 e. The molecule has 0 radical (unpaired) electrons. The van der Waals surface area contributed by atoms with E-state index in [0.29, 0.717) is 17.9 Å². The van der Waals surface area contributed by atoms with E-state index < -0.39 is 0 Å². The molecule has 5 heteroatoms. The molecule has 0 amide bonds. The zero-order valence-electron chi connectivity index (χ0n) is 16.1. The summed E-state index contributed by atoms with van der Waals surface area (Å²) in [5.74, 6) is 1.14. The van der Waals surface area contributed by atoms with Crippen LogP contribution in [0.1, 0.15) is 42.5 Å². The Hall–Kier alpha value is -1.85. The summed E-state index contributed by atoms with van der Waals surface area (Å²) in [5, 5.41) is 10.8. The molecule has 5 nitrogen and oxygen atoms in total. The maximum atomic E-state index is 12.9. The molecule has 5 heterocycles. The normalized spacial score (nSPS) is 34.3. The molecule has 3 fully saturated rings. The number of aliphatic hydroxyl groups is 1. The van der Waals surface area contributed by atoms with Crippen LogP contribution in [0.4, 0.5) is 0 Å². The van der Waals surface area contributed by atoms with Gasteiger partial charge in [0.15, 0.2) is 0 Å². The number of aromatic nitrogens is 1. The van der Waals surface area contributed by atoms with E-state index in [1.54, 1.807) is 0 Å². The Morgan fingerprint density at radius 3 is 3.00 bits per heavy atom. The Morgan fingerprint density at radius 2 is 2.26 bits per heavy atom. The highest BCUT2D eigenvalue weighted by atomic mass is 16.5. The van der Waals surface area contributed by atoms with Gasteiger partial charge in [0.2, 0.25) is 0 Å². The minimum absolute atomic E-state index is 0.0547. The van der Waals surface area contributed by atoms with Gasteiger partial charge in [-0.15, -0.1) is 0 Å². The number of piperidine rings is 2. The van der Waals surface area contributed by atoms with Crippen LogP contribution >= 0.6 is 0 Å². The summed E-state index contributed by atoms with van der Waals surface area (Å²) in [5.41, 5.74) is 4.64. The average molecular weight is 368 g/mol. The summed E-state index contributed by atoms with van der Waals surface area (Å²) in [6.45, 7) is 4.39. The van der Waals surface area contributed by atoms with E-state index in [1.165, 1.54) is 30.2 Å². The van der Waals surface area contributed by atoms with E-state index in [2.05, 4.69) is 28.9 Å². The molecule has 2 N–H and O–H groups in total. The molecule has 1 aliphatic carbocycles. The summed E-state index contributed by atoms with van der Waals surface area (Å²) < 4.78 is 5.30. The number of benzene rings is 1. The number of nitrogens with one attached hydrogen (secondary N) is 1. The summed E-state index contributed by atoms with van der Waals surface area (Å²) in [7, 11) is 1.53. The number of aliphatic hydroxyl groups excluding tert-OH is 1. The number of methoxy groups -OCH3 is 1. The smallest absolute Gasteiger partial charge is 0.310 e. The van der Waals surface area contributed by atoms with Gasteiger partial charge in [-0.25, -0.2) is 0 Å². The Morgan fingerprint density at radius 1 is 1.41 bits per heavy atom. The lowest BCUT2D eigenvalue weighted by atomic mass is 9.58. The largest absolute Gasteiger partial charge is 0.469 e. The Kier molecular flexibility index (Phi) is 4.06. The lowest BCUT2D eigenvalue weighted by molar-refractivity contribution is -0.160. The van der Waals surface area contributed by atoms with E-state index in [9.17, 15) is 9.90 Å². The van der Waals surface area contributed by atoms with Crippen LogP contribution in [0.25, 0.3) is 10.9 Å². The minimum atomic E-state index is -0.0862. The number of ether oxygens (including phenoxy) is 1. The molecule has 27 heavy (non-hydrogen) atoms. The number of nitrogens with zero attached hydrogens (tertiary/aromatic N) is 1. The molecule has 1 aromatic heterocycles. The highest BCUT2D eigenvalue weighted by molar-refractivity contribution is 5.86. The third-order valence-electron chi connectivity index (χ3n) is 7.41. The van der Waals surface area contributed by atoms with Gasteiger partial charge >= 0.3 is 5.97 Å². The molecule has 1 aromatic carbocycles. The number of esters is 1. The van der Waals surface area contributed by atoms with Crippen molar-refractivity contribution in [2.45, 2.75) is 44.8 Å². The van der Waals surface area contributed by atoms with Gasteiger partial charge in [-0.1, -0.05) is 19.4 Å². The zero-order valence-corrected chi connectivity index (χ0v) is 16.1. The van der Waals surface area contributed by atoms with Crippen molar-refractivity contribution in [1.82, 2.24) is 9.88 Å². The highest BCUT2D eigenvalue weighted by Crippen LogP contribution is 2.54. The highest BCUT2D eigenvalue weighted by Gasteiger charge is 2.56. The molecule has 5 aliphatic rings. The van der Waals surface area contributed by atoms with Gasteiger partial charge in [0.1, 0.15) is 0 Å². The van der Waals surface area contributed by atoms with Crippen molar-refractivity contribution in [2.75, 3.05) is 20.2 Å². The van der Waals surface area contributed by atoms with Gasteiger partial charge in [-0.2, -0.15) is 0 Å². The van der Waals surface area contributed by atoms with Crippen LogP contribution in [0.5, 0.6) is 0 Å². The van der Waals surface area contributed by atoms with Crippen LogP contribution in [0.15, 0.2) is 18.2 Å². The van der Waals surface area contributed by atoms with Crippen molar-refractivity contribution in [3.05, 3.63) is 35.0 Å². The number of fused-ring (bicyclic) bond motifs is 3. The first kappa shape index (κ1) is 17.3. The first-order valence-electron chi connectivity index (χ1n) is 10.2. The Labute approximate surface area is 159 Å². The molecule has 0 spiro atoms. The zero-order chi connectivity index (χ0) is 18.7. The molecule has 6 atom stereocenters. The van der Waals surface area contributed by atoms with Gasteiger partial charge in [-0.3, -0.25) is 9.69 Å². The lowest BCUT2D eigenvalue weighted by Gasteiger charge is -2.58. The van der Waals surface area contributed by atoms with Crippen LogP contribution in [0.2, 0.25) is 0 Å². The fourth-order valence-electron chi connectivity index (χ4n) is 6.32. The van der Waals surface area contributed by atoms with Crippen LogP contribution in [0.3, 0.4) is 0 Å². The lowest BCUT2D eigenvalue weighted by Crippen LogP contribution is -2.63. The number of carbonyl (C=O) groups excluding carboxylic acids is 1. The minimum Gasteiger partial charge on any atom is -0.469 e. The topological polar surface area (TPSA) is 65.6 Å². The van der Waals surface area contributed by atoms with Crippen LogP contribution < -0.4 is 0 Å². The Balaban J connectivity index is 1.70. The molecule has 1 saturated carbocycles. The SMILES string of the molecule is CCC1CC2CN3CCc4c([nH]c5ccc(CO)cc45)C2C(C(=O)OC)C13. The molecule has 144 valence electrons. The fraction of sp³-hybridized carbons (Fsp3) is 0.591. The van der Waals surface area contributed by atoms with Crippen LogP contribution in [-0.2, 0) is 22.6 Å². The van der Waals surface area contributed by atoms with Gasteiger partial charge in [-0.05, 0) is 47.9 Å². The number of H-pyrrole nitrogens is 1. The van der Waals surface area contributed by atoms with Crippen LogP contribution in [-0.4, -0.2) is 47.2 Å². The first-order valence-corrected chi connectivity index (χ1v) is 10.2. The van der Waals surface area contributed by atoms with Gasteiger partial charge in [0, 0.05) is 41.6 Å². The quantitative estimate of drug-likeness (QED) is 0.818. The molecular weight excluding hydrogens is 340 g/mol. The van der Waals surface area contributed by atoms with Crippen molar-refractivity contribution in [3.63, 3.8) is 0 Å². The fourth-order valence-corrected chi connectivity index (χ4v) is 6.32. The number of rotatable bonds is 3. The van der Waals surface area contributed by atoms with E-state index in [-0.39, 0.29) is 24.4 Å². The number of aromatic amines is 1. The molecule has 2 saturated heterocycles. The van der Waals surface area contributed by atoms with Crippen molar-refractivity contribution >= 4 is 16.9 Å². The molecule has 7 rings (SSSR count). The Bertz CT molecular complexity index is 889. The predicted molar refractivity (Wildman–Crippen MR) is 103 cm³/mol. The third-order valence-corrected chi connectivity index (χ3v) is 7.41. The molecule has 4 bridgehead atoms. The average Bonchev–Trinajstić information content (AvgIpc) is 3.05. The van der Waals surface area contributed by atoms with Crippen LogP contribution in [0, 0.1) is 17.8 Å². The summed E-state index contributed by atoms with van der Waals surface area (Å²) in [6.07, 6.45) is 3.32. The maximum absolute atomic E-state index is 12.9. The second-order valence-electron chi connectivity index (χ2n) is 8.53. The van der Waals surface area contributed by atoms with Crippen molar-refractivity contribution in [2.24, 2.45) is 17.8 Å². The van der Waals surface area contributed by atoms with E-state index in [0.717, 1.165) is 37.0 Å². The van der Waals surface area contributed by atoms with Gasteiger partial charge in [0.25, 0.3) is 0 Å². The van der Waals surface area contributed by atoms with E-state index >= 15 is 0 Å². The first-order chi connectivity index (χ1) is 13.2. The second-order valence-corrected chi connectivity index (χ2v) is 8.53. The standard InChI is InChI=1S/C22H28N2O3/c1-3-13-9-14-10-24-7-6-15-16-8-12(11-25)4-5-17(16)23-20(15)18(14)19(21(13)24)22(26)27-2/h4-5,8,13-14,18-19,21,23,25H,3,6-7,9-11H2,1-2H3. The summed E-state index contributed by atoms with van der Waals surface area (Å²) in [6, 6.07) is 6.45. The van der Waals surface area contributed by atoms with Crippen molar-refractivity contribution < 1.29 is 14.6 Å². The number of hydrogen-bond acceptors (Lipinski definition) is 4. The monoisotopic (exact) mass is 368 g/mol. The third kappa shape index (κ3) is 2.41. The van der Waals surface area contributed by atoms with Crippen molar-refractivity contribution in [3.8, 4) is 0 Å². The van der Waals surface area contributed by atoms with Crippen molar-refractivity contribution in [1.29, 1.82) is 0 Å². The van der Waals surface area contributed by atoms with E-state index in [4.69, 9.17) is 4.74 Å². The number of carbonyl (C=O) groups is 1. The summed E-state index contributed by atoms with van der Waals surface area (Å²) in [4.78, 5) is 19.1. The number of hydrogen-bond donors (Lipinski definition) is 2. The summed E-state index contributed by atoms with van der Waals surface area (Å²) >= 11 is 0.